The van der Waals surface area contributed by atoms with Crippen LogP contribution in [0.2, 0.25) is 0 Å². The lowest BCUT2D eigenvalue weighted by Crippen LogP contribution is -2.39. The number of piperidine rings is 1. The predicted molar refractivity (Wildman–Crippen MR) is 106 cm³/mol. The summed E-state index contributed by atoms with van der Waals surface area (Å²) in [7, 11) is 0. The van der Waals surface area contributed by atoms with E-state index in [0.717, 1.165) is 36.5 Å². The fourth-order valence-electron chi connectivity index (χ4n) is 3.93. The highest BCUT2D eigenvalue weighted by molar-refractivity contribution is 5.76. The molecule has 1 saturated heterocycles. The van der Waals surface area contributed by atoms with E-state index in [9.17, 15) is 9.59 Å². The molecule has 0 aromatic carbocycles. The first kappa shape index (κ1) is 18.4. The molecule has 0 spiro atoms. The Labute approximate surface area is 163 Å². The van der Waals surface area contributed by atoms with Gasteiger partial charge < -0.3 is 4.90 Å². The zero-order chi connectivity index (χ0) is 19.7. The number of carbonyl (C=O) groups excluding carboxylic acids is 1. The van der Waals surface area contributed by atoms with Gasteiger partial charge in [-0.25, -0.2) is 9.50 Å². The maximum Gasteiger partial charge on any atom is 0.272 e. The van der Waals surface area contributed by atoms with Crippen LogP contribution in [0.3, 0.4) is 0 Å². The van der Waals surface area contributed by atoms with Gasteiger partial charge in [-0.05, 0) is 45.2 Å². The highest BCUT2D eigenvalue weighted by Gasteiger charge is 2.26. The molecule has 4 heterocycles. The second-order valence-electron chi connectivity index (χ2n) is 7.59. The molecule has 3 aromatic rings. The lowest BCUT2D eigenvalue weighted by molar-refractivity contribution is -0.132. The lowest BCUT2D eigenvalue weighted by atomic mass is 9.94. The van der Waals surface area contributed by atoms with Gasteiger partial charge in [0.25, 0.3) is 5.56 Å². The van der Waals surface area contributed by atoms with E-state index >= 15 is 0 Å². The van der Waals surface area contributed by atoms with Gasteiger partial charge in [0, 0.05) is 60.3 Å². The predicted octanol–water partition coefficient (Wildman–Crippen LogP) is 2.37. The number of rotatable bonds is 4. The standard InChI is InChI=1S/C21H25N5O2/c1-14-5-3-7-17(22-14)8-9-20(27)25-10-4-6-16(13-25)18-12-19-23-15(2)11-21(28)26(19)24-18/h3,5,7,11-12,16,24H,4,6,8-10,13H2,1-2H3. The van der Waals surface area contributed by atoms with Crippen LogP contribution >= 0.6 is 0 Å². The largest absolute Gasteiger partial charge is 0.342 e. The van der Waals surface area contributed by atoms with E-state index in [1.54, 1.807) is 0 Å². The van der Waals surface area contributed by atoms with E-state index in [4.69, 9.17) is 0 Å². The van der Waals surface area contributed by atoms with E-state index in [1.165, 1.54) is 10.6 Å². The number of hydrogen-bond donors (Lipinski definition) is 1. The van der Waals surface area contributed by atoms with Crippen LogP contribution < -0.4 is 5.56 Å². The smallest absolute Gasteiger partial charge is 0.272 e. The van der Waals surface area contributed by atoms with E-state index in [-0.39, 0.29) is 17.4 Å². The second-order valence-corrected chi connectivity index (χ2v) is 7.59. The van der Waals surface area contributed by atoms with Gasteiger partial charge in [-0.15, -0.1) is 0 Å². The van der Waals surface area contributed by atoms with Crippen molar-refractivity contribution in [2.75, 3.05) is 13.1 Å². The van der Waals surface area contributed by atoms with Gasteiger partial charge in [-0.2, -0.15) is 0 Å². The van der Waals surface area contributed by atoms with Crippen molar-refractivity contribution in [2.24, 2.45) is 0 Å². The number of H-pyrrole nitrogens is 1. The van der Waals surface area contributed by atoms with Gasteiger partial charge in [0.15, 0.2) is 5.65 Å². The summed E-state index contributed by atoms with van der Waals surface area (Å²) in [5.74, 6) is 0.353. The summed E-state index contributed by atoms with van der Waals surface area (Å²) < 4.78 is 1.48. The Balaban J connectivity index is 1.44. The van der Waals surface area contributed by atoms with Crippen LogP contribution in [-0.2, 0) is 11.2 Å². The number of nitrogens with zero attached hydrogens (tertiary/aromatic N) is 4. The van der Waals surface area contributed by atoms with Crippen LogP contribution in [0.4, 0.5) is 0 Å². The number of hydrogen-bond acceptors (Lipinski definition) is 4. The fraction of sp³-hybridized carbons (Fsp3) is 0.429. The molecule has 1 aliphatic heterocycles. The Morgan fingerprint density at radius 2 is 2.07 bits per heavy atom. The van der Waals surface area contributed by atoms with Gasteiger partial charge in [0.05, 0.1) is 0 Å². The minimum absolute atomic E-state index is 0.108. The highest BCUT2D eigenvalue weighted by atomic mass is 16.2. The Morgan fingerprint density at radius 3 is 2.89 bits per heavy atom. The van der Waals surface area contributed by atoms with Gasteiger partial charge >= 0.3 is 0 Å². The molecule has 1 amide bonds. The molecule has 7 nitrogen and oxygen atoms in total. The Hall–Kier alpha value is -2.96. The zero-order valence-electron chi connectivity index (χ0n) is 16.3. The molecule has 4 rings (SSSR count). The topological polar surface area (TPSA) is 83.4 Å². The molecule has 146 valence electrons. The number of aromatic amines is 1. The third-order valence-electron chi connectivity index (χ3n) is 5.35. The summed E-state index contributed by atoms with van der Waals surface area (Å²) in [6.07, 6.45) is 3.07. The maximum atomic E-state index is 12.7. The number of aryl methyl sites for hydroxylation is 3. The number of amides is 1. The first-order valence-corrected chi connectivity index (χ1v) is 9.79. The maximum absolute atomic E-state index is 12.7. The van der Waals surface area contributed by atoms with Gasteiger partial charge in [0.2, 0.25) is 5.91 Å². The summed E-state index contributed by atoms with van der Waals surface area (Å²) in [6, 6.07) is 9.36. The van der Waals surface area contributed by atoms with Crippen LogP contribution in [-0.4, -0.2) is 43.5 Å². The van der Waals surface area contributed by atoms with Gasteiger partial charge in [-0.3, -0.25) is 19.7 Å². The normalized spacial score (nSPS) is 17.2. The third-order valence-corrected chi connectivity index (χ3v) is 5.35. The van der Waals surface area contributed by atoms with Crippen molar-refractivity contribution in [3.8, 4) is 0 Å². The molecule has 7 heteroatoms. The molecule has 0 bridgehead atoms. The summed E-state index contributed by atoms with van der Waals surface area (Å²) in [5, 5.41) is 3.18. The van der Waals surface area contributed by atoms with Crippen molar-refractivity contribution in [2.45, 2.75) is 45.4 Å². The van der Waals surface area contributed by atoms with Crippen molar-refractivity contribution < 1.29 is 4.79 Å². The Morgan fingerprint density at radius 1 is 1.21 bits per heavy atom. The minimum atomic E-state index is -0.108. The molecule has 1 unspecified atom stereocenters. The van der Waals surface area contributed by atoms with Crippen LogP contribution in [0, 0.1) is 13.8 Å². The van der Waals surface area contributed by atoms with Gasteiger partial charge in [0.1, 0.15) is 0 Å². The van der Waals surface area contributed by atoms with E-state index in [1.807, 2.05) is 43.0 Å². The van der Waals surface area contributed by atoms with E-state index in [0.29, 0.717) is 30.7 Å². The highest BCUT2D eigenvalue weighted by Crippen LogP contribution is 2.26. The summed E-state index contributed by atoms with van der Waals surface area (Å²) in [4.78, 5) is 35.7. The molecule has 1 atom stereocenters. The van der Waals surface area contributed by atoms with Crippen molar-refractivity contribution in [1.29, 1.82) is 0 Å². The Bertz CT molecular complexity index is 1070. The number of aromatic nitrogens is 4. The van der Waals surface area contributed by atoms with Crippen molar-refractivity contribution in [3.05, 3.63) is 63.5 Å². The molecule has 28 heavy (non-hydrogen) atoms. The summed E-state index contributed by atoms with van der Waals surface area (Å²) >= 11 is 0. The van der Waals surface area contributed by atoms with E-state index < -0.39 is 0 Å². The molecular weight excluding hydrogens is 354 g/mol. The summed E-state index contributed by atoms with van der Waals surface area (Å²) in [5.41, 5.74) is 4.13. The molecular formula is C21H25N5O2. The SMILES string of the molecule is Cc1cccc(CCC(=O)N2CCCC(c3cc4nc(C)cc(=O)n4[nH]3)C2)n1. The molecule has 1 aliphatic rings. The number of carbonyl (C=O) groups is 1. The average Bonchev–Trinajstić information content (AvgIpc) is 3.11. The number of fused-ring (bicyclic) bond motifs is 1. The first-order valence-electron chi connectivity index (χ1n) is 9.79. The fourth-order valence-corrected chi connectivity index (χ4v) is 3.93. The summed E-state index contributed by atoms with van der Waals surface area (Å²) in [6.45, 7) is 5.23. The van der Waals surface area contributed by atoms with Crippen molar-refractivity contribution in [1.82, 2.24) is 24.5 Å². The Kier molecular flexibility index (Phi) is 4.98. The minimum Gasteiger partial charge on any atom is -0.342 e. The quantitative estimate of drug-likeness (QED) is 0.754. The van der Waals surface area contributed by atoms with Gasteiger partial charge in [-0.1, -0.05) is 6.07 Å². The van der Waals surface area contributed by atoms with Crippen LogP contribution in [0.25, 0.3) is 5.65 Å². The molecule has 3 aromatic heterocycles. The third kappa shape index (κ3) is 3.83. The molecule has 0 saturated carbocycles. The monoisotopic (exact) mass is 379 g/mol. The van der Waals surface area contributed by atoms with Crippen molar-refractivity contribution in [3.63, 3.8) is 0 Å². The number of likely N-dealkylation sites (tertiary alicyclic amines) is 1. The second kappa shape index (κ2) is 7.58. The van der Waals surface area contributed by atoms with Crippen LogP contribution in [0.1, 0.15) is 48.0 Å². The first-order chi connectivity index (χ1) is 13.5. The average molecular weight is 379 g/mol. The van der Waals surface area contributed by atoms with Crippen LogP contribution in [0.15, 0.2) is 35.1 Å². The lowest BCUT2D eigenvalue weighted by Gasteiger charge is -2.32. The zero-order valence-corrected chi connectivity index (χ0v) is 16.3. The molecule has 0 radical (unpaired) electrons. The number of pyridine rings is 1. The molecule has 0 aliphatic carbocycles. The van der Waals surface area contributed by atoms with E-state index in [2.05, 4.69) is 15.1 Å². The molecule has 1 N–H and O–H groups in total. The van der Waals surface area contributed by atoms with Crippen molar-refractivity contribution >= 4 is 11.6 Å². The van der Waals surface area contributed by atoms with Crippen LogP contribution in [0.5, 0.6) is 0 Å². The number of nitrogens with one attached hydrogen (secondary N) is 1. The molecule has 1 fully saturated rings.